The molecule has 6 nitrogen and oxygen atoms in total. The summed E-state index contributed by atoms with van der Waals surface area (Å²) in [5.41, 5.74) is 9.56. The molecule has 0 spiro atoms. The topological polar surface area (TPSA) is 89.2 Å². The molecule has 0 saturated carbocycles. The van der Waals surface area contributed by atoms with E-state index in [1.54, 1.807) is 35.9 Å². The van der Waals surface area contributed by atoms with Crippen LogP contribution in [0.3, 0.4) is 0 Å². The van der Waals surface area contributed by atoms with Crippen LogP contribution in [0.15, 0.2) is 77.6 Å². The molecule has 0 aliphatic heterocycles. The highest BCUT2D eigenvalue weighted by Crippen LogP contribution is 2.32. The molecule has 0 atom stereocenters. The minimum Gasteiger partial charge on any atom is -0.332 e. The number of aromatic nitrogens is 1. The van der Waals surface area contributed by atoms with E-state index < -0.39 is 0 Å². The van der Waals surface area contributed by atoms with Crippen molar-refractivity contribution in [2.75, 3.05) is 5.32 Å². The van der Waals surface area contributed by atoms with Crippen LogP contribution < -0.4 is 21.9 Å². The molecule has 0 aliphatic carbocycles. The highest BCUT2D eigenvalue weighted by Gasteiger charge is 2.17. The van der Waals surface area contributed by atoms with Crippen molar-refractivity contribution in [2.45, 2.75) is 13.1 Å². The van der Waals surface area contributed by atoms with Gasteiger partial charge in [0.2, 0.25) is 0 Å². The number of nitrogens with zero attached hydrogens (tertiary/aromatic N) is 1. The fourth-order valence-corrected chi connectivity index (χ4v) is 3.96. The van der Waals surface area contributed by atoms with Gasteiger partial charge in [-0.05, 0) is 46.8 Å². The highest BCUT2D eigenvalue weighted by atomic mass is 35.5. The zero-order chi connectivity index (χ0) is 22.7. The Morgan fingerprint density at radius 3 is 2.53 bits per heavy atom. The number of rotatable bonds is 5. The van der Waals surface area contributed by atoms with Crippen molar-refractivity contribution in [3.63, 3.8) is 0 Å². The molecule has 4 rings (SSSR count). The lowest BCUT2D eigenvalue weighted by Crippen LogP contribution is -2.32. The number of anilines is 1. The van der Waals surface area contributed by atoms with Crippen LogP contribution in [0.25, 0.3) is 21.9 Å². The van der Waals surface area contributed by atoms with Crippen molar-refractivity contribution in [1.82, 2.24) is 9.88 Å². The minimum atomic E-state index is -0.378. The molecule has 3 aromatic carbocycles. The number of benzene rings is 3. The standard InChI is InChI=1S/C25H23ClN4O2/c1-30-22(15-28-25(32)29-19-9-5-6-16(12-19)14-27)23(17-7-3-2-4-8-17)21-13-18(26)10-11-20(21)24(30)31/h2-13H,14-15,27H2,1H3,(H2,28,29,32). The molecule has 0 bridgehead atoms. The Bertz CT molecular complexity index is 1350. The van der Waals surface area contributed by atoms with Gasteiger partial charge in [0.1, 0.15) is 0 Å². The van der Waals surface area contributed by atoms with Gasteiger partial charge in [-0.1, -0.05) is 54.1 Å². The van der Waals surface area contributed by atoms with Gasteiger partial charge in [-0.3, -0.25) is 4.79 Å². The third kappa shape index (κ3) is 4.37. The number of halogens is 1. The Hall–Kier alpha value is -3.61. The molecule has 4 aromatic rings. The predicted molar refractivity (Wildman–Crippen MR) is 130 cm³/mol. The number of pyridine rings is 1. The van der Waals surface area contributed by atoms with Gasteiger partial charge in [-0.25, -0.2) is 4.79 Å². The quantitative estimate of drug-likeness (QED) is 0.417. The molecule has 0 fully saturated rings. The van der Waals surface area contributed by atoms with E-state index in [1.807, 2.05) is 48.5 Å². The number of nitrogens with two attached hydrogens (primary N) is 1. The third-order valence-electron chi connectivity index (χ3n) is 5.38. The van der Waals surface area contributed by atoms with E-state index in [-0.39, 0.29) is 18.1 Å². The maximum atomic E-state index is 13.0. The molecule has 32 heavy (non-hydrogen) atoms. The zero-order valence-electron chi connectivity index (χ0n) is 17.6. The average molecular weight is 447 g/mol. The summed E-state index contributed by atoms with van der Waals surface area (Å²) in [5.74, 6) is 0. The van der Waals surface area contributed by atoms with Gasteiger partial charge in [-0.15, -0.1) is 0 Å². The van der Waals surface area contributed by atoms with Gasteiger partial charge < -0.3 is 20.9 Å². The maximum Gasteiger partial charge on any atom is 0.319 e. The molecule has 0 saturated heterocycles. The molecular formula is C25H23ClN4O2. The first kappa shape index (κ1) is 21.6. The Balaban J connectivity index is 1.72. The molecule has 0 unspecified atom stereocenters. The largest absolute Gasteiger partial charge is 0.332 e. The van der Waals surface area contributed by atoms with Crippen LogP contribution in [-0.4, -0.2) is 10.6 Å². The second-order valence-electron chi connectivity index (χ2n) is 7.45. The van der Waals surface area contributed by atoms with Crippen molar-refractivity contribution in [1.29, 1.82) is 0 Å². The summed E-state index contributed by atoms with van der Waals surface area (Å²) in [4.78, 5) is 25.6. The van der Waals surface area contributed by atoms with Gasteiger partial charge in [0, 0.05) is 40.9 Å². The summed E-state index contributed by atoms with van der Waals surface area (Å²) in [6.07, 6.45) is 0. The van der Waals surface area contributed by atoms with Gasteiger partial charge in [0.15, 0.2) is 0 Å². The fourth-order valence-electron chi connectivity index (χ4n) is 3.79. The number of hydrogen-bond donors (Lipinski definition) is 3. The van der Waals surface area contributed by atoms with Crippen LogP contribution in [0, 0.1) is 0 Å². The molecule has 162 valence electrons. The summed E-state index contributed by atoms with van der Waals surface area (Å²) >= 11 is 6.27. The van der Waals surface area contributed by atoms with Gasteiger partial charge in [0.05, 0.1) is 6.54 Å². The second kappa shape index (κ2) is 9.26. The third-order valence-corrected chi connectivity index (χ3v) is 5.61. The maximum absolute atomic E-state index is 13.0. The lowest BCUT2D eigenvalue weighted by atomic mass is 9.96. The zero-order valence-corrected chi connectivity index (χ0v) is 18.3. The molecule has 0 radical (unpaired) electrons. The van der Waals surface area contributed by atoms with Crippen LogP contribution in [0.2, 0.25) is 5.02 Å². The Kier molecular flexibility index (Phi) is 6.25. The van der Waals surface area contributed by atoms with Crippen molar-refractivity contribution in [3.05, 3.63) is 99.4 Å². The van der Waals surface area contributed by atoms with E-state index in [9.17, 15) is 9.59 Å². The van der Waals surface area contributed by atoms with Gasteiger partial charge >= 0.3 is 6.03 Å². The molecule has 0 aliphatic rings. The van der Waals surface area contributed by atoms with E-state index in [4.69, 9.17) is 17.3 Å². The molecule has 2 amide bonds. The SMILES string of the molecule is Cn1c(CNC(=O)Nc2cccc(CN)c2)c(-c2ccccc2)c2cc(Cl)ccc2c1=O. The molecule has 4 N–H and O–H groups in total. The number of carbonyl (C=O) groups is 1. The highest BCUT2D eigenvalue weighted by molar-refractivity contribution is 6.31. The van der Waals surface area contributed by atoms with Crippen molar-refractivity contribution >= 4 is 34.1 Å². The Morgan fingerprint density at radius 2 is 1.78 bits per heavy atom. The number of hydrogen-bond acceptors (Lipinski definition) is 3. The molecular weight excluding hydrogens is 424 g/mol. The average Bonchev–Trinajstić information content (AvgIpc) is 2.81. The fraction of sp³-hybridized carbons (Fsp3) is 0.120. The number of urea groups is 1. The summed E-state index contributed by atoms with van der Waals surface area (Å²) in [6, 6.07) is 22.0. The van der Waals surface area contributed by atoms with Gasteiger partial charge in [-0.2, -0.15) is 0 Å². The summed E-state index contributed by atoms with van der Waals surface area (Å²) in [7, 11) is 1.71. The lowest BCUT2D eigenvalue weighted by molar-refractivity contribution is 0.251. The van der Waals surface area contributed by atoms with Crippen molar-refractivity contribution in [2.24, 2.45) is 12.8 Å². The van der Waals surface area contributed by atoms with Crippen molar-refractivity contribution in [3.8, 4) is 11.1 Å². The summed E-state index contributed by atoms with van der Waals surface area (Å²) in [6.45, 7) is 0.542. The van der Waals surface area contributed by atoms with E-state index in [0.29, 0.717) is 28.3 Å². The number of fused-ring (bicyclic) bond motifs is 1. The first-order chi connectivity index (χ1) is 15.5. The number of amides is 2. The summed E-state index contributed by atoms with van der Waals surface area (Å²) in [5, 5.41) is 7.54. The minimum absolute atomic E-state index is 0.149. The first-order valence-electron chi connectivity index (χ1n) is 10.2. The first-order valence-corrected chi connectivity index (χ1v) is 10.6. The number of carbonyl (C=O) groups excluding carboxylic acids is 1. The van der Waals surface area contributed by atoms with E-state index in [1.165, 1.54) is 0 Å². The summed E-state index contributed by atoms with van der Waals surface area (Å²) < 4.78 is 1.58. The molecule has 1 heterocycles. The van der Waals surface area contributed by atoms with E-state index in [0.717, 1.165) is 22.1 Å². The molecule has 7 heteroatoms. The van der Waals surface area contributed by atoms with Crippen LogP contribution in [0.5, 0.6) is 0 Å². The molecule has 1 aromatic heterocycles. The van der Waals surface area contributed by atoms with Crippen molar-refractivity contribution < 1.29 is 4.79 Å². The second-order valence-corrected chi connectivity index (χ2v) is 7.89. The van der Waals surface area contributed by atoms with Crippen LogP contribution >= 0.6 is 11.6 Å². The monoisotopic (exact) mass is 446 g/mol. The normalized spacial score (nSPS) is 10.8. The smallest absolute Gasteiger partial charge is 0.319 e. The van der Waals surface area contributed by atoms with Crippen LogP contribution in [0.4, 0.5) is 10.5 Å². The van der Waals surface area contributed by atoms with Crippen LogP contribution in [0.1, 0.15) is 11.3 Å². The Morgan fingerprint density at radius 1 is 1.00 bits per heavy atom. The number of nitrogens with one attached hydrogen (secondary N) is 2. The van der Waals surface area contributed by atoms with Gasteiger partial charge in [0.25, 0.3) is 5.56 Å². The lowest BCUT2D eigenvalue weighted by Gasteiger charge is -2.18. The predicted octanol–water partition coefficient (Wildman–Crippen LogP) is 4.64. The van der Waals surface area contributed by atoms with Crippen LogP contribution in [-0.2, 0) is 20.1 Å². The van der Waals surface area contributed by atoms with E-state index in [2.05, 4.69) is 10.6 Å². The van der Waals surface area contributed by atoms with E-state index >= 15 is 0 Å². The Labute approximate surface area is 190 Å².